The van der Waals surface area contributed by atoms with E-state index in [0.717, 1.165) is 67.6 Å². The molecule has 61 heavy (non-hydrogen) atoms. The fourth-order valence-electron chi connectivity index (χ4n) is 8.63. The van der Waals surface area contributed by atoms with Gasteiger partial charge in [-0.3, -0.25) is 9.13 Å². The van der Waals surface area contributed by atoms with Gasteiger partial charge >= 0.3 is 0 Å². The Morgan fingerprint density at radius 2 is 0.754 bits per heavy atom. The first-order valence-electron chi connectivity index (χ1n) is 20.1. The van der Waals surface area contributed by atoms with E-state index in [2.05, 4.69) is 130 Å². The van der Waals surface area contributed by atoms with Crippen LogP contribution in [0, 0.1) is 0 Å². The van der Waals surface area contributed by atoms with Crippen molar-refractivity contribution in [1.29, 1.82) is 0 Å². The number of benzene rings is 6. The van der Waals surface area contributed by atoms with Gasteiger partial charge in [-0.1, -0.05) is 84.9 Å². The minimum Gasteiger partial charge on any atom is -0.457 e. The average molecular weight is 787 g/mol. The number of rotatable bonds is 8. The van der Waals surface area contributed by atoms with Crippen LogP contribution < -0.4 is 4.74 Å². The quantitative estimate of drug-likeness (QED) is 0.153. The van der Waals surface area contributed by atoms with E-state index in [9.17, 15) is 0 Å². The molecule has 6 heterocycles. The summed E-state index contributed by atoms with van der Waals surface area (Å²) in [6, 6.07) is 62.1. The molecular formula is C52H34N8O. The number of ether oxygens (including phenoxy) is 1. The van der Waals surface area contributed by atoms with Crippen LogP contribution in [0.5, 0.6) is 11.5 Å². The Morgan fingerprint density at radius 1 is 0.361 bits per heavy atom. The van der Waals surface area contributed by atoms with E-state index < -0.39 is 0 Å². The third kappa shape index (κ3) is 5.78. The Labute approximate surface area is 349 Å². The highest BCUT2D eigenvalue weighted by atomic mass is 16.5. The SMILES string of the molecule is c1cc(Oc2cccc(-n3nccc3-c3ccc(-n4c5ccccc5c5ccccc54)nc3)c2)cc(-n2nccc2-c2ccc(-n3c4ccccc4c4ccccc43)nc2)c1. The summed E-state index contributed by atoms with van der Waals surface area (Å²) < 4.78 is 14.8. The molecule has 0 aliphatic rings. The monoisotopic (exact) mass is 786 g/mol. The highest BCUT2D eigenvalue weighted by Gasteiger charge is 2.16. The van der Waals surface area contributed by atoms with E-state index in [1.54, 1.807) is 0 Å². The number of para-hydroxylation sites is 4. The van der Waals surface area contributed by atoms with Crippen molar-refractivity contribution in [2.75, 3.05) is 0 Å². The van der Waals surface area contributed by atoms with Crippen LogP contribution in [0.4, 0.5) is 0 Å². The molecule has 0 saturated carbocycles. The summed E-state index contributed by atoms with van der Waals surface area (Å²) in [7, 11) is 0. The van der Waals surface area contributed by atoms with Crippen LogP contribution in [-0.4, -0.2) is 38.7 Å². The van der Waals surface area contributed by atoms with E-state index in [0.29, 0.717) is 11.5 Å². The Bertz CT molecular complexity index is 3230. The fraction of sp³-hybridized carbons (Fsp3) is 0. The summed E-state index contributed by atoms with van der Waals surface area (Å²) in [4.78, 5) is 9.92. The lowest BCUT2D eigenvalue weighted by Crippen LogP contribution is -2.01. The maximum Gasteiger partial charge on any atom is 0.137 e. The van der Waals surface area contributed by atoms with Gasteiger partial charge in [-0.25, -0.2) is 19.3 Å². The summed E-state index contributed by atoms with van der Waals surface area (Å²) in [5, 5.41) is 14.2. The third-order valence-corrected chi connectivity index (χ3v) is 11.4. The maximum atomic E-state index is 6.49. The van der Waals surface area contributed by atoms with Crippen molar-refractivity contribution in [3.8, 4) is 57.0 Å². The van der Waals surface area contributed by atoms with Crippen LogP contribution in [0.3, 0.4) is 0 Å². The van der Waals surface area contributed by atoms with Gasteiger partial charge in [0.25, 0.3) is 0 Å². The van der Waals surface area contributed by atoms with Crippen LogP contribution in [0.25, 0.3) is 89.1 Å². The van der Waals surface area contributed by atoms with Gasteiger partial charge in [0.15, 0.2) is 0 Å². The molecular weight excluding hydrogens is 753 g/mol. The molecule has 288 valence electrons. The van der Waals surface area contributed by atoms with E-state index in [1.807, 2.05) is 94.8 Å². The van der Waals surface area contributed by atoms with Crippen LogP contribution >= 0.6 is 0 Å². The van der Waals surface area contributed by atoms with Crippen molar-refractivity contribution in [3.63, 3.8) is 0 Å². The molecule has 0 N–H and O–H groups in total. The van der Waals surface area contributed by atoms with Crippen LogP contribution in [-0.2, 0) is 0 Å². The predicted octanol–water partition coefficient (Wildman–Crippen LogP) is 12.2. The van der Waals surface area contributed by atoms with E-state index in [-0.39, 0.29) is 0 Å². The summed E-state index contributed by atoms with van der Waals surface area (Å²) in [6.07, 6.45) is 7.45. The molecule has 6 aromatic heterocycles. The molecule has 0 radical (unpaired) electrons. The summed E-state index contributed by atoms with van der Waals surface area (Å²) in [6.45, 7) is 0. The van der Waals surface area contributed by atoms with Crippen molar-refractivity contribution in [3.05, 3.63) is 207 Å². The Hall–Kier alpha value is -8.56. The molecule has 12 rings (SSSR count). The molecule has 0 unspecified atom stereocenters. The second kappa shape index (κ2) is 14.1. The largest absolute Gasteiger partial charge is 0.457 e. The predicted molar refractivity (Wildman–Crippen MR) is 242 cm³/mol. The van der Waals surface area contributed by atoms with Crippen LogP contribution in [0.15, 0.2) is 207 Å². The number of hydrogen-bond donors (Lipinski definition) is 0. The summed E-state index contributed by atoms with van der Waals surface area (Å²) in [5.74, 6) is 3.08. The first-order chi connectivity index (χ1) is 30.2. The molecule has 0 saturated heterocycles. The number of nitrogens with zero attached hydrogens (tertiary/aromatic N) is 8. The molecule has 0 spiro atoms. The zero-order chi connectivity index (χ0) is 40.3. The number of aromatic nitrogens is 8. The number of fused-ring (bicyclic) bond motifs is 6. The van der Waals surface area contributed by atoms with E-state index in [1.165, 1.54) is 21.5 Å². The zero-order valence-electron chi connectivity index (χ0n) is 32.6. The Balaban J connectivity index is 0.806. The van der Waals surface area contributed by atoms with E-state index in [4.69, 9.17) is 24.9 Å². The van der Waals surface area contributed by atoms with Gasteiger partial charge in [0.05, 0.1) is 57.2 Å². The number of pyridine rings is 2. The number of hydrogen-bond acceptors (Lipinski definition) is 5. The summed E-state index contributed by atoms with van der Waals surface area (Å²) in [5.41, 5.74) is 9.98. The van der Waals surface area contributed by atoms with Gasteiger partial charge in [0.1, 0.15) is 23.1 Å². The lowest BCUT2D eigenvalue weighted by Gasteiger charge is -2.13. The molecule has 0 bridgehead atoms. The molecule has 6 aromatic carbocycles. The van der Waals surface area contributed by atoms with Crippen molar-refractivity contribution in [2.24, 2.45) is 0 Å². The van der Waals surface area contributed by atoms with Crippen LogP contribution in [0.2, 0.25) is 0 Å². The van der Waals surface area contributed by atoms with Gasteiger partial charge in [0, 0.05) is 57.2 Å². The zero-order valence-corrected chi connectivity index (χ0v) is 32.6. The molecule has 12 aromatic rings. The second-order valence-electron chi connectivity index (χ2n) is 14.9. The molecule has 0 aliphatic carbocycles. The molecule has 0 fully saturated rings. The smallest absolute Gasteiger partial charge is 0.137 e. The van der Waals surface area contributed by atoms with Crippen molar-refractivity contribution >= 4 is 43.6 Å². The Kier molecular flexibility index (Phi) is 7.95. The third-order valence-electron chi connectivity index (χ3n) is 11.4. The van der Waals surface area contributed by atoms with Gasteiger partial charge in [-0.2, -0.15) is 10.2 Å². The second-order valence-corrected chi connectivity index (χ2v) is 14.9. The van der Waals surface area contributed by atoms with Crippen LogP contribution in [0.1, 0.15) is 0 Å². The average Bonchev–Trinajstić information content (AvgIpc) is 4.14. The molecule has 0 aliphatic heterocycles. The highest BCUT2D eigenvalue weighted by molar-refractivity contribution is 6.10. The summed E-state index contributed by atoms with van der Waals surface area (Å²) >= 11 is 0. The highest BCUT2D eigenvalue weighted by Crippen LogP contribution is 2.35. The minimum absolute atomic E-state index is 0.682. The molecule has 0 amide bonds. The molecule has 0 atom stereocenters. The van der Waals surface area contributed by atoms with Crippen molar-refractivity contribution in [1.82, 2.24) is 38.7 Å². The lowest BCUT2D eigenvalue weighted by atomic mass is 10.2. The topological polar surface area (TPSA) is 80.5 Å². The van der Waals surface area contributed by atoms with Gasteiger partial charge in [-0.05, 0) is 84.9 Å². The van der Waals surface area contributed by atoms with Gasteiger partial charge in [0.2, 0.25) is 0 Å². The van der Waals surface area contributed by atoms with Crippen molar-refractivity contribution < 1.29 is 4.74 Å². The first kappa shape index (κ1) is 34.5. The van der Waals surface area contributed by atoms with E-state index >= 15 is 0 Å². The molecule has 9 heteroatoms. The lowest BCUT2D eigenvalue weighted by molar-refractivity contribution is 0.482. The maximum absolute atomic E-state index is 6.49. The van der Waals surface area contributed by atoms with Crippen molar-refractivity contribution in [2.45, 2.75) is 0 Å². The minimum atomic E-state index is 0.682. The van der Waals surface area contributed by atoms with Gasteiger partial charge in [-0.15, -0.1) is 0 Å². The standard InChI is InChI=1S/C52H34N8O/c1-5-19-47-41(15-1)42-16-2-6-20-48(42)57(47)51-25-23-35(33-53-51)45-27-29-55-59(45)37-11-9-13-39(31-37)61-40-14-10-12-38(32-40)60-46(28-30-56-60)36-24-26-52(54-34-36)58-49-21-7-3-17-43(49)44-18-4-8-22-50(44)58/h1-34H. The molecule has 9 nitrogen and oxygen atoms in total. The Morgan fingerprint density at radius 3 is 1.13 bits per heavy atom. The first-order valence-corrected chi connectivity index (χ1v) is 20.1. The fourth-order valence-corrected chi connectivity index (χ4v) is 8.63. The van der Waals surface area contributed by atoms with Gasteiger partial charge < -0.3 is 4.74 Å². The normalized spacial score (nSPS) is 11.6.